The largest absolute Gasteiger partial charge is 0.472 e. The fourth-order valence-corrected chi connectivity index (χ4v) is 4.17. The van der Waals surface area contributed by atoms with E-state index < -0.39 is 11.7 Å². The van der Waals surface area contributed by atoms with Gasteiger partial charge in [0.05, 0.1) is 24.2 Å². The molecule has 0 spiro atoms. The van der Waals surface area contributed by atoms with Crippen molar-refractivity contribution in [2.75, 3.05) is 0 Å². The summed E-state index contributed by atoms with van der Waals surface area (Å²) in [5, 5.41) is 21.3. The smallest absolute Gasteiger partial charge is 0.0967 e. The zero-order valence-corrected chi connectivity index (χ0v) is 11.3. The van der Waals surface area contributed by atoms with Crippen LogP contribution in [0, 0.1) is 17.3 Å². The van der Waals surface area contributed by atoms with Crippen LogP contribution in [-0.4, -0.2) is 10.2 Å². The second-order valence-electron chi connectivity index (χ2n) is 7.16. The third-order valence-corrected chi connectivity index (χ3v) is 4.86. The first-order valence-electron chi connectivity index (χ1n) is 6.77. The highest BCUT2D eigenvalue weighted by Crippen LogP contribution is 2.56. The summed E-state index contributed by atoms with van der Waals surface area (Å²) < 4.78 is 5.21. The summed E-state index contributed by atoms with van der Waals surface area (Å²) >= 11 is 0. The Kier molecular flexibility index (Phi) is 2.46. The molecule has 0 aliphatic heterocycles. The first-order valence-corrected chi connectivity index (χ1v) is 6.77. The van der Waals surface area contributed by atoms with Gasteiger partial charge < -0.3 is 14.6 Å². The predicted octanol–water partition coefficient (Wildman–Crippen LogP) is 2.98. The summed E-state index contributed by atoms with van der Waals surface area (Å²) in [5.41, 5.74) is 0.920. The quantitative estimate of drug-likeness (QED) is 0.744. The van der Waals surface area contributed by atoms with Gasteiger partial charge in [0.15, 0.2) is 0 Å². The van der Waals surface area contributed by atoms with Crippen LogP contribution in [0.25, 0.3) is 0 Å². The van der Waals surface area contributed by atoms with E-state index in [1.165, 1.54) is 0 Å². The molecule has 1 saturated carbocycles. The van der Waals surface area contributed by atoms with Gasteiger partial charge in [-0.1, -0.05) is 13.8 Å². The summed E-state index contributed by atoms with van der Waals surface area (Å²) in [7, 11) is 0. The van der Waals surface area contributed by atoms with Gasteiger partial charge in [0, 0.05) is 11.1 Å². The second kappa shape index (κ2) is 3.61. The number of rotatable bonds is 0. The molecule has 0 aromatic carbocycles. The Labute approximate surface area is 108 Å². The molecule has 2 aliphatic carbocycles. The number of hydrogen-bond acceptors (Lipinski definition) is 3. The average Bonchev–Trinajstić information content (AvgIpc) is 2.79. The lowest BCUT2D eigenvalue weighted by Gasteiger charge is -2.26. The molecule has 1 aromatic heterocycles. The lowest BCUT2D eigenvalue weighted by atomic mass is 9.84. The van der Waals surface area contributed by atoms with Crippen LogP contribution in [0.3, 0.4) is 0 Å². The van der Waals surface area contributed by atoms with Crippen molar-refractivity contribution < 1.29 is 14.6 Å². The molecule has 0 amide bonds. The van der Waals surface area contributed by atoms with Gasteiger partial charge in [-0.3, -0.25) is 0 Å². The molecule has 3 rings (SSSR count). The van der Waals surface area contributed by atoms with Crippen molar-refractivity contribution in [2.45, 2.75) is 51.7 Å². The first kappa shape index (κ1) is 12.2. The molecular weight excluding hydrogens is 228 g/mol. The Bertz CT molecular complexity index is 458. The van der Waals surface area contributed by atoms with E-state index in [1.807, 2.05) is 6.92 Å². The summed E-state index contributed by atoms with van der Waals surface area (Å²) in [4.78, 5) is 0. The summed E-state index contributed by atoms with van der Waals surface area (Å²) in [6, 6.07) is 0. The minimum atomic E-state index is -0.886. The van der Waals surface area contributed by atoms with Crippen LogP contribution >= 0.6 is 0 Å². The fourth-order valence-electron chi connectivity index (χ4n) is 4.17. The van der Waals surface area contributed by atoms with Crippen molar-refractivity contribution in [3.8, 4) is 0 Å². The molecule has 2 unspecified atom stereocenters. The van der Waals surface area contributed by atoms with E-state index >= 15 is 0 Å². The van der Waals surface area contributed by atoms with Gasteiger partial charge in [-0.05, 0) is 43.4 Å². The van der Waals surface area contributed by atoms with E-state index in [0.717, 1.165) is 24.0 Å². The Morgan fingerprint density at radius 3 is 2.61 bits per heavy atom. The van der Waals surface area contributed by atoms with Crippen LogP contribution in [0.1, 0.15) is 57.3 Å². The molecule has 0 bridgehead atoms. The zero-order valence-electron chi connectivity index (χ0n) is 11.3. The highest BCUT2D eigenvalue weighted by Gasteiger charge is 2.49. The lowest BCUT2D eigenvalue weighted by Crippen LogP contribution is -2.24. The topological polar surface area (TPSA) is 53.6 Å². The first-order chi connectivity index (χ1) is 8.30. The molecule has 18 heavy (non-hydrogen) atoms. The van der Waals surface area contributed by atoms with Crippen LogP contribution in [0.4, 0.5) is 0 Å². The summed E-state index contributed by atoms with van der Waals surface area (Å²) in [5.74, 6) is 0.628. The normalized spacial score (nSPS) is 42.2. The van der Waals surface area contributed by atoms with Crippen molar-refractivity contribution in [2.24, 2.45) is 17.3 Å². The fraction of sp³-hybridized carbons (Fsp3) is 0.733. The third kappa shape index (κ3) is 1.72. The van der Waals surface area contributed by atoms with Crippen molar-refractivity contribution >= 4 is 0 Å². The van der Waals surface area contributed by atoms with Gasteiger partial charge in [0.1, 0.15) is 0 Å². The predicted molar refractivity (Wildman–Crippen MR) is 67.9 cm³/mol. The van der Waals surface area contributed by atoms with Crippen molar-refractivity contribution in [3.63, 3.8) is 0 Å². The number of furan rings is 1. The summed E-state index contributed by atoms with van der Waals surface area (Å²) in [6.07, 6.45) is 5.49. The van der Waals surface area contributed by atoms with Crippen LogP contribution < -0.4 is 0 Å². The van der Waals surface area contributed by atoms with Gasteiger partial charge in [-0.2, -0.15) is 0 Å². The molecule has 2 aliphatic rings. The van der Waals surface area contributed by atoms with Crippen LogP contribution in [0.2, 0.25) is 0 Å². The number of aliphatic hydroxyl groups is 2. The maximum atomic E-state index is 10.7. The highest BCUT2D eigenvalue weighted by molar-refractivity contribution is 5.32. The second-order valence-corrected chi connectivity index (χ2v) is 7.16. The lowest BCUT2D eigenvalue weighted by molar-refractivity contribution is 0.0193. The zero-order chi connectivity index (χ0) is 13.1. The van der Waals surface area contributed by atoms with Gasteiger partial charge in [-0.25, -0.2) is 0 Å². The molecule has 3 heteroatoms. The van der Waals surface area contributed by atoms with Gasteiger partial charge in [0.2, 0.25) is 0 Å². The maximum Gasteiger partial charge on any atom is 0.0967 e. The van der Waals surface area contributed by atoms with E-state index in [2.05, 4.69) is 13.8 Å². The van der Waals surface area contributed by atoms with E-state index in [-0.39, 0.29) is 11.3 Å². The van der Waals surface area contributed by atoms with Gasteiger partial charge >= 0.3 is 0 Å². The number of fused-ring (bicyclic) bond motifs is 2. The molecule has 4 atom stereocenters. The molecule has 0 radical (unpaired) electrons. The van der Waals surface area contributed by atoms with E-state index in [9.17, 15) is 10.2 Å². The molecule has 0 saturated heterocycles. The van der Waals surface area contributed by atoms with E-state index in [4.69, 9.17) is 4.42 Å². The van der Waals surface area contributed by atoms with Crippen molar-refractivity contribution in [1.29, 1.82) is 0 Å². The molecule has 1 fully saturated rings. The van der Waals surface area contributed by atoms with Crippen LogP contribution in [-0.2, 0) is 5.60 Å². The van der Waals surface area contributed by atoms with E-state index in [0.29, 0.717) is 12.3 Å². The molecule has 1 heterocycles. The Balaban J connectivity index is 2.05. The Hall–Kier alpha value is -0.800. The Morgan fingerprint density at radius 1 is 1.17 bits per heavy atom. The van der Waals surface area contributed by atoms with Crippen LogP contribution in [0.15, 0.2) is 16.9 Å². The van der Waals surface area contributed by atoms with Gasteiger partial charge in [-0.15, -0.1) is 0 Å². The molecule has 3 nitrogen and oxygen atoms in total. The van der Waals surface area contributed by atoms with Gasteiger partial charge in [0.25, 0.3) is 0 Å². The number of aliphatic hydroxyl groups excluding tert-OH is 1. The molecule has 1 aromatic rings. The minimum Gasteiger partial charge on any atom is -0.472 e. The van der Waals surface area contributed by atoms with E-state index in [1.54, 1.807) is 12.5 Å². The molecule has 100 valence electrons. The Morgan fingerprint density at radius 2 is 1.89 bits per heavy atom. The third-order valence-electron chi connectivity index (χ3n) is 4.86. The monoisotopic (exact) mass is 250 g/mol. The maximum absolute atomic E-state index is 10.7. The molecule has 2 N–H and O–H groups in total. The number of hydrogen-bond donors (Lipinski definition) is 2. The highest BCUT2D eigenvalue weighted by atomic mass is 16.3. The summed E-state index contributed by atoms with van der Waals surface area (Å²) in [6.45, 7) is 6.33. The average molecular weight is 250 g/mol. The molecular formula is C15H22O3. The van der Waals surface area contributed by atoms with Crippen LogP contribution in [0.5, 0.6) is 0 Å². The minimum absolute atomic E-state index is 0.241. The van der Waals surface area contributed by atoms with Crippen molar-refractivity contribution in [3.05, 3.63) is 23.7 Å². The van der Waals surface area contributed by atoms with Crippen molar-refractivity contribution in [1.82, 2.24) is 0 Å². The standard InChI is InChI=1S/C15H22O3/c1-14(2)4-9-5-15(3,17)12-8-18-7-11(12)13(16)10(9)6-14/h7-10,13,16-17H,4-6H2,1-3H3/t9?,10?,13-,15+/m0/s1. The SMILES string of the molecule is CC1(C)CC2C[C@@](C)(O)c3cocc3[C@@H](O)C2C1.